The van der Waals surface area contributed by atoms with Crippen molar-refractivity contribution >= 4 is 27.7 Å². The molecule has 41 heavy (non-hydrogen) atoms. The van der Waals surface area contributed by atoms with Crippen LogP contribution in [0.15, 0.2) is 47.8 Å². The lowest BCUT2D eigenvalue weighted by molar-refractivity contribution is -0.132. The Kier molecular flexibility index (Phi) is 7.62. The van der Waals surface area contributed by atoms with Crippen LogP contribution in [0.1, 0.15) is 44.7 Å². The smallest absolute Gasteiger partial charge is 0.310 e. The summed E-state index contributed by atoms with van der Waals surface area (Å²) in [5.41, 5.74) is -2.49. The van der Waals surface area contributed by atoms with Crippen LogP contribution in [-0.2, 0) is 19.9 Å². The Bertz CT molecular complexity index is 1280. The number of hydrogen-bond donors (Lipinski definition) is 2. The molecule has 2 heterocycles. The number of nitrogens with one attached hydrogen (secondary N) is 2. The van der Waals surface area contributed by atoms with E-state index in [1.54, 1.807) is 0 Å². The second kappa shape index (κ2) is 10.1. The first kappa shape index (κ1) is 31.0. The summed E-state index contributed by atoms with van der Waals surface area (Å²) in [7, 11) is -8.62. The second-order valence-corrected chi connectivity index (χ2v) is 12.9. The van der Waals surface area contributed by atoms with Gasteiger partial charge in [-0.15, -0.1) is 0 Å². The summed E-state index contributed by atoms with van der Waals surface area (Å²) < 4.78 is 100. The first-order chi connectivity index (χ1) is 18.8. The largest absolute Gasteiger partial charge is 0.380 e. The molecule has 1 aliphatic carbocycles. The van der Waals surface area contributed by atoms with E-state index in [9.17, 15) is 37.8 Å². The first-order valence-electron chi connectivity index (χ1n) is 12.7. The standard InChI is InChI=1S/C25H30F7N5O3S/c1-24(21-15-33-11-12-34-21,23(39)36-16-7-9-25(26,27)10-8-16)37(22(38)20-13-18(40-2)14-35-20)17-3-5-19(6-4-17)41(28,29,30,31)32/h3-6,11-12,15-16,18,20,35H,7-10,13-14H2,1-2H3,(H,36,39). The van der Waals surface area contributed by atoms with Gasteiger partial charge in [-0.1, -0.05) is 19.4 Å². The molecule has 3 atom stereocenters. The maximum absolute atomic E-state index is 14.0. The molecule has 0 radical (unpaired) electrons. The third-order valence-electron chi connectivity index (χ3n) is 7.49. The van der Waals surface area contributed by atoms with E-state index >= 15 is 0 Å². The zero-order valence-corrected chi connectivity index (χ0v) is 23.0. The third kappa shape index (κ3) is 6.75. The van der Waals surface area contributed by atoms with Crippen LogP contribution in [0.2, 0.25) is 0 Å². The number of amides is 2. The van der Waals surface area contributed by atoms with Gasteiger partial charge in [0, 0.05) is 50.6 Å². The molecule has 1 aliphatic heterocycles. The summed E-state index contributed by atoms with van der Waals surface area (Å²) in [4.78, 5) is 34.9. The number of carbonyl (C=O) groups excluding carboxylic acids is 2. The molecular formula is C25H30F7N5O3S. The minimum Gasteiger partial charge on any atom is -0.380 e. The van der Waals surface area contributed by atoms with Gasteiger partial charge in [-0.25, -0.2) is 8.78 Å². The van der Waals surface area contributed by atoms with Gasteiger partial charge >= 0.3 is 10.2 Å². The molecule has 0 spiro atoms. The molecule has 2 aromatic rings. The van der Waals surface area contributed by atoms with Gasteiger partial charge in [0.2, 0.25) is 11.8 Å². The molecule has 1 saturated carbocycles. The SMILES string of the molecule is COC1CNC(C(=O)N(c2ccc(S(F)(F)(F)(F)F)cc2)C(C)(C(=O)NC2CCC(F)(F)CC2)c2cnccn2)C1. The summed E-state index contributed by atoms with van der Waals surface area (Å²) >= 11 is 0. The fraction of sp³-hybridized carbons (Fsp3) is 0.520. The number of carbonyl (C=O) groups is 2. The monoisotopic (exact) mass is 613 g/mol. The van der Waals surface area contributed by atoms with Crippen LogP contribution in [0.25, 0.3) is 0 Å². The molecule has 228 valence electrons. The van der Waals surface area contributed by atoms with Crippen molar-refractivity contribution in [1.82, 2.24) is 20.6 Å². The van der Waals surface area contributed by atoms with Crippen LogP contribution >= 0.6 is 10.2 Å². The van der Waals surface area contributed by atoms with Crippen LogP contribution < -0.4 is 15.5 Å². The van der Waals surface area contributed by atoms with E-state index < -0.39 is 63.3 Å². The van der Waals surface area contributed by atoms with Crippen LogP contribution in [0.5, 0.6) is 0 Å². The predicted molar refractivity (Wildman–Crippen MR) is 137 cm³/mol. The molecule has 2 amide bonds. The summed E-state index contributed by atoms with van der Waals surface area (Å²) in [5.74, 6) is -4.52. The highest BCUT2D eigenvalue weighted by molar-refractivity contribution is 8.45. The van der Waals surface area contributed by atoms with Gasteiger partial charge < -0.3 is 15.4 Å². The van der Waals surface area contributed by atoms with Crippen LogP contribution in [0.4, 0.5) is 33.9 Å². The van der Waals surface area contributed by atoms with Gasteiger partial charge in [0.05, 0.1) is 24.0 Å². The van der Waals surface area contributed by atoms with Crippen LogP contribution in [0.3, 0.4) is 0 Å². The lowest BCUT2D eigenvalue weighted by Gasteiger charge is -2.43. The maximum Gasteiger partial charge on any atom is 0.310 e. The highest BCUT2D eigenvalue weighted by atomic mass is 32.5. The number of ether oxygens (including phenoxy) is 1. The van der Waals surface area contributed by atoms with Crippen molar-refractivity contribution in [3.63, 3.8) is 0 Å². The highest BCUT2D eigenvalue weighted by Crippen LogP contribution is 3.02. The third-order valence-corrected chi connectivity index (χ3v) is 8.65. The fourth-order valence-electron chi connectivity index (χ4n) is 5.08. The van der Waals surface area contributed by atoms with Gasteiger partial charge in [-0.3, -0.25) is 24.5 Å². The van der Waals surface area contributed by atoms with Gasteiger partial charge in [-0.05, 0) is 50.5 Å². The van der Waals surface area contributed by atoms with E-state index in [0.29, 0.717) is 12.1 Å². The Labute approximate surface area is 231 Å². The van der Waals surface area contributed by atoms with Gasteiger partial charge in [0.1, 0.15) is 4.90 Å². The summed E-state index contributed by atoms with van der Waals surface area (Å²) in [5, 5.41) is 5.63. The lowest BCUT2D eigenvalue weighted by atomic mass is 9.88. The Hall–Kier alpha value is -2.98. The molecule has 0 bridgehead atoms. The molecule has 2 N–H and O–H groups in total. The normalized spacial score (nSPS) is 24.5. The van der Waals surface area contributed by atoms with E-state index in [2.05, 4.69) is 20.6 Å². The number of nitrogens with zero attached hydrogens (tertiary/aromatic N) is 3. The van der Waals surface area contributed by atoms with E-state index in [0.717, 1.165) is 4.90 Å². The van der Waals surface area contributed by atoms with Crippen molar-refractivity contribution in [3.8, 4) is 0 Å². The Balaban J connectivity index is 1.81. The first-order valence-corrected chi connectivity index (χ1v) is 14.7. The van der Waals surface area contributed by atoms with Crippen LogP contribution in [-0.4, -0.2) is 59.5 Å². The minimum atomic E-state index is -10.0. The highest BCUT2D eigenvalue weighted by Gasteiger charge is 2.65. The Morgan fingerprint density at radius 1 is 1.10 bits per heavy atom. The number of halogens is 7. The van der Waals surface area contributed by atoms with Gasteiger partial charge in [0.15, 0.2) is 5.54 Å². The predicted octanol–water partition coefficient (Wildman–Crippen LogP) is 5.45. The molecule has 3 unspecified atom stereocenters. The van der Waals surface area contributed by atoms with Crippen molar-refractivity contribution in [1.29, 1.82) is 0 Å². The summed E-state index contributed by atoms with van der Waals surface area (Å²) in [6.45, 7) is 1.54. The van der Waals surface area contributed by atoms with E-state index in [1.807, 2.05) is 0 Å². The van der Waals surface area contributed by atoms with E-state index in [4.69, 9.17) is 4.74 Å². The van der Waals surface area contributed by atoms with Gasteiger partial charge in [-0.2, -0.15) is 0 Å². The van der Waals surface area contributed by atoms with Crippen molar-refractivity contribution in [3.05, 3.63) is 48.5 Å². The number of aromatic nitrogens is 2. The lowest BCUT2D eigenvalue weighted by Crippen LogP contribution is -2.62. The topological polar surface area (TPSA) is 96.5 Å². The summed E-state index contributed by atoms with van der Waals surface area (Å²) in [6, 6.07) is -0.000827. The van der Waals surface area contributed by atoms with Crippen LogP contribution in [0, 0.1) is 0 Å². The number of methoxy groups -OCH3 is 1. The van der Waals surface area contributed by atoms with Gasteiger partial charge in [0.25, 0.3) is 5.91 Å². The number of alkyl halides is 2. The second-order valence-electron chi connectivity index (χ2n) is 10.5. The molecule has 1 aromatic heterocycles. The molecule has 16 heteroatoms. The molecule has 1 aromatic carbocycles. The molecule has 2 aliphatic rings. The van der Waals surface area contributed by atoms with Crippen molar-refractivity contribution in [2.45, 2.75) is 73.6 Å². The van der Waals surface area contributed by atoms with E-state index in [1.165, 1.54) is 32.6 Å². The average Bonchev–Trinajstić information content (AvgIpc) is 3.39. The van der Waals surface area contributed by atoms with Crippen molar-refractivity contribution < 1.29 is 42.5 Å². The maximum atomic E-state index is 14.0. The zero-order valence-electron chi connectivity index (χ0n) is 22.1. The molecule has 4 rings (SSSR count). The summed E-state index contributed by atoms with van der Waals surface area (Å²) in [6.07, 6.45) is 2.42. The molecule has 2 fully saturated rings. The van der Waals surface area contributed by atoms with Crippen molar-refractivity contribution in [2.24, 2.45) is 0 Å². The Morgan fingerprint density at radius 2 is 1.73 bits per heavy atom. The van der Waals surface area contributed by atoms with Crippen molar-refractivity contribution in [2.75, 3.05) is 18.6 Å². The number of benzene rings is 1. The van der Waals surface area contributed by atoms with E-state index in [-0.39, 0.29) is 55.4 Å². The fourth-order valence-corrected chi connectivity index (χ4v) is 5.73. The average molecular weight is 614 g/mol. The molecular weight excluding hydrogens is 583 g/mol. The number of rotatable bonds is 8. The Morgan fingerprint density at radius 3 is 2.24 bits per heavy atom. The minimum absolute atomic E-state index is 0.0540. The number of anilines is 1. The quantitative estimate of drug-likeness (QED) is 0.385. The zero-order chi connectivity index (χ0) is 30.3. The molecule has 8 nitrogen and oxygen atoms in total. The molecule has 1 saturated heterocycles. The number of hydrogen-bond acceptors (Lipinski definition) is 6.